The van der Waals surface area contributed by atoms with Gasteiger partial charge in [-0.1, -0.05) is 13.8 Å². The number of nitrogens with zero attached hydrogens (tertiary/aromatic N) is 1. The number of carboxylic acids is 1. The van der Waals surface area contributed by atoms with E-state index in [0.717, 1.165) is 6.07 Å². The summed E-state index contributed by atoms with van der Waals surface area (Å²) in [7, 11) is -3.70. The van der Waals surface area contributed by atoms with Crippen molar-refractivity contribution < 1.29 is 18.3 Å². The summed E-state index contributed by atoms with van der Waals surface area (Å²) < 4.78 is 26.7. The van der Waals surface area contributed by atoms with Gasteiger partial charge in [0.1, 0.15) is 0 Å². The first kappa shape index (κ1) is 16.6. The second-order valence-electron chi connectivity index (χ2n) is 3.66. The van der Waals surface area contributed by atoms with Crippen molar-refractivity contribution in [3.63, 3.8) is 0 Å². The Morgan fingerprint density at radius 1 is 1.21 bits per heavy atom. The van der Waals surface area contributed by atoms with Crippen LogP contribution in [0.3, 0.4) is 0 Å². The van der Waals surface area contributed by atoms with Crippen molar-refractivity contribution in [1.29, 1.82) is 0 Å². The van der Waals surface area contributed by atoms with Gasteiger partial charge in [0.15, 0.2) is 0 Å². The summed E-state index contributed by atoms with van der Waals surface area (Å²) in [6.45, 7) is 4.10. The Hall–Kier alpha value is -0.440. The van der Waals surface area contributed by atoms with Gasteiger partial charge < -0.3 is 5.11 Å². The number of hydrogen-bond acceptors (Lipinski definition) is 3. The fourth-order valence-electron chi connectivity index (χ4n) is 1.59. The van der Waals surface area contributed by atoms with Crippen LogP contribution in [-0.4, -0.2) is 36.9 Å². The number of halogens is 2. The molecule has 1 rings (SSSR count). The van der Waals surface area contributed by atoms with Crippen molar-refractivity contribution in [3.8, 4) is 0 Å². The molecular weight excluding hydrogens is 402 g/mol. The molecular formula is C11H13Br2NO4S. The minimum Gasteiger partial charge on any atom is -0.478 e. The molecule has 0 aliphatic rings. The van der Waals surface area contributed by atoms with Crippen molar-refractivity contribution in [2.75, 3.05) is 13.1 Å². The Balaban J connectivity index is 3.51. The molecule has 0 unspecified atom stereocenters. The van der Waals surface area contributed by atoms with Gasteiger partial charge in [0.05, 0.1) is 10.5 Å². The van der Waals surface area contributed by atoms with Crippen LogP contribution >= 0.6 is 31.9 Å². The van der Waals surface area contributed by atoms with E-state index in [1.54, 1.807) is 13.8 Å². The lowest BCUT2D eigenvalue weighted by Gasteiger charge is -2.19. The summed E-state index contributed by atoms with van der Waals surface area (Å²) in [6, 6.07) is 2.59. The van der Waals surface area contributed by atoms with Crippen molar-refractivity contribution in [3.05, 3.63) is 26.6 Å². The van der Waals surface area contributed by atoms with E-state index in [0.29, 0.717) is 22.0 Å². The summed E-state index contributed by atoms with van der Waals surface area (Å²) >= 11 is 6.26. The van der Waals surface area contributed by atoms with Gasteiger partial charge in [-0.05, 0) is 44.0 Å². The highest BCUT2D eigenvalue weighted by molar-refractivity contribution is 9.11. The van der Waals surface area contributed by atoms with Crippen molar-refractivity contribution >= 4 is 47.9 Å². The molecule has 0 bridgehead atoms. The molecule has 0 saturated carbocycles. The zero-order valence-corrected chi connectivity index (χ0v) is 14.3. The predicted molar refractivity (Wildman–Crippen MR) is 78.9 cm³/mol. The normalized spacial score (nSPS) is 11.8. The summed E-state index contributed by atoms with van der Waals surface area (Å²) in [5.41, 5.74) is -0.0890. The molecule has 0 spiro atoms. The lowest BCUT2D eigenvalue weighted by atomic mass is 10.2. The number of benzene rings is 1. The SMILES string of the molecule is CCN(CC)S(=O)(=O)c1cc(C(=O)O)c(Br)cc1Br. The average Bonchev–Trinajstić information content (AvgIpc) is 2.29. The van der Waals surface area contributed by atoms with E-state index in [1.807, 2.05) is 0 Å². The maximum absolute atomic E-state index is 12.4. The molecule has 0 fully saturated rings. The summed E-state index contributed by atoms with van der Waals surface area (Å²) in [6.07, 6.45) is 0. The third-order valence-corrected chi connectivity index (χ3v) is 6.24. The molecule has 0 aliphatic heterocycles. The smallest absolute Gasteiger partial charge is 0.336 e. The molecule has 1 aromatic rings. The molecule has 1 N–H and O–H groups in total. The van der Waals surface area contributed by atoms with E-state index < -0.39 is 16.0 Å². The van der Waals surface area contributed by atoms with E-state index in [-0.39, 0.29) is 10.5 Å². The van der Waals surface area contributed by atoms with Gasteiger partial charge >= 0.3 is 5.97 Å². The van der Waals surface area contributed by atoms with Gasteiger partial charge in [0.25, 0.3) is 0 Å². The van der Waals surface area contributed by atoms with Gasteiger partial charge in [0.2, 0.25) is 10.0 Å². The Morgan fingerprint density at radius 3 is 2.16 bits per heavy atom. The van der Waals surface area contributed by atoms with E-state index in [4.69, 9.17) is 5.11 Å². The predicted octanol–water partition coefficient (Wildman–Crippen LogP) is 2.94. The van der Waals surface area contributed by atoms with Gasteiger partial charge in [-0.2, -0.15) is 4.31 Å². The zero-order valence-electron chi connectivity index (χ0n) is 10.4. The standard InChI is InChI=1S/C11H13Br2NO4S/c1-3-14(4-2)19(17,18)10-5-7(11(15)16)8(12)6-9(10)13/h5-6H,3-4H2,1-2H3,(H,15,16). The summed E-state index contributed by atoms with van der Waals surface area (Å²) in [4.78, 5) is 11.0. The molecule has 0 heterocycles. The van der Waals surface area contributed by atoms with Crippen LogP contribution in [0.2, 0.25) is 0 Å². The highest BCUT2D eigenvalue weighted by Crippen LogP contribution is 2.31. The van der Waals surface area contributed by atoms with Crippen molar-refractivity contribution in [2.24, 2.45) is 0 Å². The van der Waals surface area contributed by atoms with Crippen LogP contribution in [0.1, 0.15) is 24.2 Å². The monoisotopic (exact) mass is 413 g/mol. The number of hydrogen-bond donors (Lipinski definition) is 1. The second kappa shape index (κ2) is 6.34. The highest BCUT2D eigenvalue weighted by Gasteiger charge is 2.26. The van der Waals surface area contributed by atoms with Crippen molar-refractivity contribution in [2.45, 2.75) is 18.7 Å². The Labute approximate surface area is 128 Å². The van der Waals surface area contributed by atoms with Crippen LogP contribution in [0, 0.1) is 0 Å². The molecule has 0 aromatic heterocycles. The summed E-state index contributed by atoms with van der Waals surface area (Å²) in [5.74, 6) is -1.18. The van der Waals surface area contributed by atoms with Crippen LogP contribution in [0.25, 0.3) is 0 Å². The highest BCUT2D eigenvalue weighted by atomic mass is 79.9. The number of carbonyl (C=O) groups is 1. The van der Waals surface area contributed by atoms with E-state index >= 15 is 0 Å². The van der Waals surface area contributed by atoms with Gasteiger partial charge in [-0.3, -0.25) is 0 Å². The third kappa shape index (κ3) is 3.36. The van der Waals surface area contributed by atoms with Gasteiger partial charge in [0, 0.05) is 22.0 Å². The molecule has 0 amide bonds. The first-order valence-corrected chi connectivity index (χ1v) is 8.50. The molecule has 1 aromatic carbocycles. The van der Waals surface area contributed by atoms with Crippen LogP contribution < -0.4 is 0 Å². The second-order valence-corrected chi connectivity index (χ2v) is 7.27. The Morgan fingerprint density at radius 2 is 1.74 bits per heavy atom. The first-order valence-electron chi connectivity index (χ1n) is 5.48. The maximum atomic E-state index is 12.4. The number of carboxylic acid groups (broad SMARTS) is 1. The molecule has 0 radical (unpaired) electrons. The largest absolute Gasteiger partial charge is 0.478 e. The Kier molecular flexibility index (Phi) is 5.54. The van der Waals surface area contributed by atoms with Gasteiger partial charge in [-0.25, -0.2) is 13.2 Å². The zero-order chi connectivity index (χ0) is 14.8. The molecule has 5 nitrogen and oxygen atoms in total. The molecule has 0 atom stereocenters. The van der Waals surface area contributed by atoms with Crippen LogP contribution in [0.15, 0.2) is 26.0 Å². The van der Waals surface area contributed by atoms with Crippen LogP contribution in [-0.2, 0) is 10.0 Å². The topological polar surface area (TPSA) is 74.7 Å². The summed E-state index contributed by atoms with van der Waals surface area (Å²) in [5, 5.41) is 9.05. The minimum atomic E-state index is -3.70. The van der Waals surface area contributed by atoms with E-state index in [9.17, 15) is 13.2 Å². The van der Waals surface area contributed by atoms with E-state index in [2.05, 4.69) is 31.9 Å². The number of sulfonamides is 1. The fraction of sp³-hybridized carbons (Fsp3) is 0.364. The maximum Gasteiger partial charge on any atom is 0.336 e. The average molecular weight is 415 g/mol. The van der Waals surface area contributed by atoms with Crippen molar-refractivity contribution in [1.82, 2.24) is 4.31 Å². The first-order chi connectivity index (χ1) is 8.75. The molecule has 0 saturated heterocycles. The molecule has 19 heavy (non-hydrogen) atoms. The quantitative estimate of drug-likeness (QED) is 0.803. The third-order valence-electron chi connectivity index (χ3n) is 2.58. The molecule has 8 heteroatoms. The number of rotatable bonds is 5. The van der Waals surface area contributed by atoms with Crippen LogP contribution in [0.4, 0.5) is 0 Å². The van der Waals surface area contributed by atoms with Crippen LogP contribution in [0.5, 0.6) is 0 Å². The lowest BCUT2D eigenvalue weighted by Crippen LogP contribution is -2.31. The Bertz CT molecular complexity index is 597. The minimum absolute atomic E-state index is 0.0446. The molecule has 0 aliphatic carbocycles. The van der Waals surface area contributed by atoms with Gasteiger partial charge in [-0.15, -0.1) is 0 Å². The lowest BCUT2D eigenvalue weighted by molar-refractivity contribution is 0.0695. The fourth-order valence-corrected chi connectivity index (χ4v) is 4.90. The number of aromatic carboxylic acids is 1. The molecule has 106 valence electrons. The van der Waals surface area contributed by atoms with E-state index in [1.165, 1.54) is 10.4 Å².